The summed E-state index contributed by atoms with van der Waals surface area (Å²) in [5, 5.41) is 2.99. The van der Waals surface area contributed by atoms with Gasteiger partial charge >= 0.3 is 0 Å². The number of likely N-dealkylation sites (tertiary alicyclic amines) is 1. The van der Waals surface area contributed by atoms with Crippen molar-refractivity contribution in [1.29, 1.82) is 0 Å². The molecule has 0 spiro atoms. The molecule has 2 saturated heterocycles. The smallest absolute Gasteiger partial charge is 0.229 e. The van der Waals surface area contributed by atoms with Crippen LogP contribution in [-0.2, 0) is 9.53 Å². The molecule has 3 fully saturated rings. The van der Waals surface area contributed by atoms with Crippen LogP contribution in [0.2, 0.25) is 0 Å². The molecule has 3 atom stereocenters. The first kappa shape index (κ1) is 17.9. The minimum absolute atomic E-state index is 0.0499. The van der Waals surface area contributed by atoms with E-state index in [0.29, 0.717) is 18.6 Å². The average Bonchev–Trinajstić information content (AvgIpc) is 2.69. The lowest BCUT2D eigenvalue weighted by molar-refractivity contribution is -0.134. The summed E-state index contributed by atoms with van der Waals surface area (Å²) in [7, 11) is 0. The minimum atomic E-state index is -0.0499. The number of aromatic nitrogens is 1. The molecule has 3 heterocycles. The molecule has 2 aliphatic heterocycles. The molecule has 26 heavy (non-hydrogen) atoms. The third-order valence-corrected chi connectivity index (χ3v) is 6.39. The fourth-order valence-corrected chi connectivity index (χ4v) is 4.97. The normalized spacial score (nSPS) is 30.5. The zero-order chi connectivity index (χ0) is 17.8. The number of hydrogen-bond acceptors (Lipinski definition) is 4. The summed E-state index contributed by atoms with van der Waals surface area (Å²) in [6, 6.07) is 3.72. The number of ether oxygens (including phenoxy) is 1. The van der Waals surface area contributed by atoms with Gasteiger partial charge in [-0.15, -0.1) is 0 Å². The minimum Gasteiger partial charge on any atom is -0.377 e. The number of hydrogen-bond donors (Lipinski definition) is 1. The number of piperidine rings is 1. The van der Waals surface area contributed by atoms with Crippen LogP contribution in [0.1, 0.15) is 44.9 Å². The van der Waals surface area contributed by atoms with E-state index in [0.717, 1.165) is 37.5 Å². The van der Waals surface area contributed by atoms with Crippen LogP contribution in [0.5, 0.6) is 0 Å². The van der Waals surface area contributed by atoms with Gasteiger partial charge in [0.1, 0.15) is 0 Å². The van der Waals surface area contributed by atoms with Crippen LogP contribution >= 0.6 is 0 Å². The monoisotopic (exact) mass is 357 g/mol. The molecule has 1 aliphatic carbocycles. The molecule has 1 amide bonds. The van der Waals surface area contributed by atoms with E-state index >= 15 is 0 Å². The van der Waals surface area contributed by atoms with Gasteiger partial charge in [-0.3, -0.25) is 9.78 Å². The van der Waals surface area contributed by atoms with Crippen LogP contribution in [0.15, 0.2) is 24.5 Å². The van der Waals surface area contributed by atoms with E-state index in [-0.39, 0.29) is 11.8 Å². The fourth-order valence-electron chi connectivity index (χ4n) is 4.97. The third kappa shape index (κ3) is 4.44. The van der Waals surface area contributed by atoms with E-state index in [9.17, 15) is 4.79 Å². The number of carbonyl (C=O) groups is 1. The van der Waals surface area contributed by atoms with Crippen molar-refractivity contribution in [2.24, 2.45) is 17.8 Å². The Hall–Kier alpha value is -1.46. The van der Waals surface area contributed by atoms with Crippen LogP contribution < -0.4 is 5.32 Å². The highest BCUT2D eigenvalue weighted by Crippen LogP contribution is 2.33. The van der Waals surface area contributed by atoms with Crippen molar-refractivity contribution in [2.75, 3.05) is 31.6 Å². The molecule has 1 N–H and O–H groups in total. The van der Waals surface area contributed by atoms with Gasteiger partial charge in [0, 0.05) is 25.8 Å². The van der Waals surface area contributed by atoms with Crippen molar-refractivity contribution in [3.8, 4) is 0 Å². The number of amides is 1. The Labute approximate surface area is 156 Å². The maximum absolute atomic E-state index is 12.6. The second-order valence-corrected chi connectivity index (χ2v) is 8.35. The van der Waals surface area contributed by atoms with Crippen LogP contribution in [0.25, 0.3) is 0 Å². The molecule has 1 aromatic rings. The van der Waals surface area contributed by atoms with Gasteiger partial charge < -0.3 is 15.0 Å². The molecule has 3 aliphatic rings. The maximum Gasteiger partial charge on any atom is 0.229 e. The first-order valence-corrected chi connectivity index (χ1v) is 10.3. The number of nitrogens with zero attached hydrogens (tertiary/aromatic N) is 2. The molecule has 5 heteroatoms. The Morgan fingerprint density at radius 3 is 2.96 bits per heavy atom. The molecule has 0 aromatic carbocycles. The molecular weight excluding hydrogens is 326 g/mol. The molecule has 5 nitrogen and oxygen atoms in total. The summed E-state index contributed by atoms with van der Waals surface area (Å²) in [5.74, 6) is 1.40. The number of fused-ring (bicyclic) bond motifs is 1. The number of anilines is 1. The predicted molar refractivity (Wildman–Crippen MR) is 102 cm³/mol. The molecule has 0 radical (unpaired) electrons. The first-order chi connectivity index (χ1) is 12.8. The molecular formula is C21H31N3O2. The Kier molecular flexibility index (Phi) is 5.85. The van der Waals surface area contributed by atoms with Gasteiger partial charge in [0.2, 0.25) is 5.91 Å². The number of pyridine rings is 1. The topological polar surface area (TPSA) is 54.5 Å². The Morgan fingerprint density at radius 2 is 2.15 bits per heavy atom. The van der Waals surface area contributed by atoms with Gasteiger partial charge in [-0.05, 0) is 49.7 Å². The highest BCUT2D eigenvalue weighted by atomic mass is 16.5. The predicted octanol–water partition coefficient (Wildman–Crippen LogP) is 3.33. The Morgan fingerprint density at radius 1 is 1.27 bits per heavy atom. The van der Waals surface area contributed by atoms with Gasteiger partial charge in [-0.1, -0.05) is 19.3 Å². The number of rotatable bonds is 4. The van der Waals surface area contributed by atoms with Gasteiger partial charge in [-0.2, -0.15) is 0 Å². The lowest BCUT2D eigenvalue weighted by Gasteiger charge is -2.44. The molecule has 1 aromatic heterocycles. The van der Waals surface area contributed by atoms with E-state index in [4.69, 9.17) is 4.74 Å². The van der Waals surface area contributed by atoms with Gasteiger partial charge in [0.15, 0.2) is 0 Å². The van der Waals surface area contributed by atoms with Gasteiger partial charge in [0.25, 0.3) is 0 Å². The van der Waals surface area contributed by atoms with E-state index in [1.54, 1.807) is 12.4 Å². The van der Waals surface area contributed by atoms with Crippen LogP contribution in [0.4, 0.5) is 5.69 Å². The third-order valence-electron chi connectivity index (χ3n) is 6.39. The number of nitrogens with one attached hydrogen (secondary N) is 1. The number of carbonyl (C=O) groups excluding carboxylic acids is 1. The summed E-state index contributed by atoms with van der Waals surface area (Å²) in [4.78, 5) is 19.3. The first-order valence-electron chi connectivity index (χ1n) is 10.3. The standard InChI is InChI=1S/C21H31N3O2/c25-21(23-19-7-4-9-22-12-19)18-11-17-14-24(10-8-20(17)26-15-18)13-16-5-2-1-3-6-16/h4,7,9,12,16-18,20H,1-3,5-6,8,10-11,13-15H2,(H,23,25)/t17-,18-,20+/m0/s1. The second kappa shape index (κ2) is 8.49. The second-order valence-electron chi connectivity index (χ2n) is 8.35. The van der Waals surface area contributed by atoms with Crippen molar-refractivity contribution < 1.29 is 9.53 Å². The van der Waals surface area contributed by atoms with E-state index in [1.165, 1.54) is 38.6 Å². The fraction of sp³-hybridized carbons (Fsp3) is 0.714. The van der Waals surface area contributed by atoms with Crippen molar-refractivity contribution in [1.82, 2.24) is 9.88 Å². The summed E-state index contributed by atoms with van der Waals surface area (Å²) < 4.78 is 6.09. The summed E-state index contributed by atoms with van der Waals surface area (Å²) in [6.07, 6.45) is 12.8. The van der Waals surface area contributed by atoms with E-state index < -0.39 is 0 Å². The summed E-state index contributed by atoms with van der Waals surface area (Å²) in [5.41, 5.74) is 0.766. The molecule has 0 unspecified atom stereocenters. The van der Waals surface area contributed by atoms with Gasteiger partial charge in [-0.25, -0.2) is 0 Å². The zero-order valence-electron chi connectivity index (χ0n) is 15.6. The SMILES string of the molecule is O=C(Nc1cccnc1)[C@@H]1CO[C@@H]2CCN(CC3CCCCC3)C[C@@H]2C1. The van der Waals surface area contributed by atoms with Crippen molar-refractivity contribution >= 4 is 11.6 Å². The highest BCUT2D eigenvalue weighted by molar-refractivity contribution is 5.92. The van der Waals surface area contributed by atoms with E-state index in [2.05, 4.69) is 15.2 Å². The molecule has 1 saturated carbocycles. The lowest BCUT2D eigenvalue weighted by Crippen LogP contribution is -2.50. The van der Waals surface area contributed by atoms with Crippen molar-refractivity contribution in [3.63, 3.8) is 0 Å². The van der Waals surface area contributed by atoms with Crippen LogP contribution in [0.3, 0.4) is 0 Å². The summed E-state index contributed by atoms with van der Waals surface area (Å²) in [6.45, 7) is 4.05. The largest absolute Gasteiger partial charge is 0.377 e. The molecule has 142 valence electrons. The Balaban J connectivity index is 1.30. The molecule has 0 bridgehead atoms. The lowest BCUT2D eigenvalue weighted by atomic mass is 9.82. The quantitative estimate of drug-likeness (QED) is 0.898. The highest BCUT2D eigenvalue weighted by Gasteiger charge is 2.38. The maximum atomic E-state index is 12.6. The van der Waals surface area contributed by atoms with Crippen molar-refractivity contribution in [3.05, 3.63) is 24.5 Å². The van der Waals surface area contributed by atoms with Crippen molar-refractivity contribution in [2.45, 2.75) is 51.0 Å². The van der Waals surface area contributed by atoms with Gasteiger partial charge in [0.05, 0.1) is 30.5 Å². The van der Waals surface area contributed by atoms with Crippen LogP contribution in [0, 0.1) is 17.8 Å². The molecule has 4 rings (SSSR count). The average molecular weight is 357 g/mol. The van der Waals surface area contributed by atoms with Crippen LogP contribution in [-0.4, -0.2) is 48.1 Å². The van der Waals surface area contributed by atoms with E-state index in [1.807, 2.05) is 12.1 Å². The Bertz CT molecular complexity index is 588. The summed E-state index contributed by atoms with van der Waals surface area (Å²) >= 11 is 0. The zero-order valence-corrected chi connectivity index (χ0v) is 15.6.